The van der Waals surface area contributed by atoms with Crippen molar-refractivity contribution in [3.8, 4) is 0 Å². The van der Waals surface area contributed by atoms with Crippen LogP contribution in [0.15, 0.2) is 35.7 Å². The second-order valence-corrected chi connectivity index (χ2v) is 4.87. The molecule has 0 saturated carbocycles. The van der Waals surface area contributed by atoms with Crippen molar-refractivity contribution in [1.82, 2.24) is 9.38 Å². The quantitative estimate of drug-likeness (QED) is 0.630. The highest BCUT2D eigenvalue weighted by atomic mass is 32.2. The fourth-order valence-corrected chi connectivity index (χ4v) is 2.55. The van der Waals surface area contributed by atoms with E-state index in [2.05, 4.69) is 9.38 Å². The number of nitrogens with zero attached hydrogens (tertiary/aromatic N) is 2. The number of unbranched alkanes of at least 4 members (excludes halogenated alkanes) is 1. The van der Waals surface area contributed by atoms with E-state index in [-0.39, 0.29) is 5.91 Å². The fraction of sp³-hybridized carbons (Fsp3) is 0.333. The molecule has 2 N–H and O–H groups in total. The summed E-state index contributed by atoms with van der Waals surface area (Å²) in [6.07, 6.45) is 6.18. The van der Waals surface area contributed by atoms with Gasteiger partial charge in [-0.3, -0.25) is 9.20 Å². The van der Waals surface area contributed by atoms with Crippen molar-refractivity contribution in [2.24, 2.45) is 5.73 Å². The number of amides is 1. The SMILES string of the molecule is NC(=O)CCCCSc1ncc2ccccn12. The number of thioether (sulfide) groups is 1. The molecule has 0 saturated heterocycles. The third-order valence-electron chi connectivity index (χ3n) is 2.45. The molecule has 2 aromatic heterocycles. The smallest absolute Gasteiger partial charge is 0.217 e. The minimum Gasteiger partial charge on any atom is -0.370 e. The Kier molecular flexibility index (Phi) is 4.03. The maximum Gasteiger partial charge on any atom is 0.217 e. The van der Waals surface area contributed by atoms with E-state index < -0.39 is 0 Å². The Labute approximate surface area is 104 Å². The minimum atomic E-state index is -0.221. The zero-order chi connectivity index (χ0) is 12.1. The zero-order valence-electron chi connectivity index (χ0n) is 9.50. The highest BCUT2D eigenvalue weighted by molar-refractivity contribution is 7.99. The molecule has 0 spiro atoms. The van der Waals surface area contributed by atoms with Crippen LogP contribution in [0, 0.1) is 0 Å². The summed E-state index contributed by atoms with van der Waals surface area (Å²) in [5.41, 5.74) is 6.19. The standard InChI is InChI=1S/C12H15N3OS/c13-11(16)6-2-4-8-17-12-14-9-10-5-1-3-7-15(10)12/h1,3,5,7,9H,2,4,6,8H2,(H2,13,16). The summed E-state index contributed by atoms with van der Waals surface area (Å²) >= 11 is 1.71. The van der Waals surface area contributed by atoms with Crippen LogP contribution in [-0.2, 0) is 4.79 Å². The van der Waals surface area contributed by atoms with Gasteiger partial charge in [-0.05, 0) is 25.0 Å². The number of imidazole rings is 1. The van der Waals surface area contributed by atoms with Crippen molar-refractivity contribution in [3.63, 3.8) is 0 Å². The average Bonchev–Trinajstić information content (AvgIpc) is 2.72. The molecule has 17 heavy (non-hydrogen) atoms. The lowest BCUT2D eigenvalue weighted by Gasteiger charge is -2.00. The second kappa shape index (κ2) is 5.72. The summed E-state index contributed by atoms with van der Waals surface area (Å²) < 4.78 is 2.07. The summed E-state index contributed by atoms with van der Waals surface area (Å²) in [4.78, 5) is 14.9. The van der Waals surface area contributed by atoms with Gasteiger partial charge in [0.25, 0.3) is 0 Å². The number of carbonyl (C=O) groups is 1. The summed E-state index contributed by atoms with van der Waals surface area (Å²) in [7, 11) is 0. The van der Waals surface area contributed by atoms with E-state index in [4.69, 9.17) is 5.73 Å². The molecule has 0 fully saturated rings. The lowest BCUT2D eigenvalue weighted by atomic mass is 10.2. The van der Waals surface area contributed by atoms with Gasteiger partial charge in [-0.2, -0.15) is 0 Å². The lowest BCUT2D eigenvalue weighted by molar-refractivity contribution is -0.118. The summed E-state index contributed by atoms with van der Waals surface area (Å²) in [5, 5.41) is 1.000. The molecule has 0 aliphatic carbocycles. The molecule has 0 aliphatic rings. The Bertz CT molecular complexity index is 509. The first-order valence-electron chi connectivity index (χ1n) is 5.60. The van der Waals surface area contributed by atoms with Crippen molar-refractivity contribution in [1.29, 1.82) is 0 Å². The maximum atomic E-state index is 10.6. The van der Waals surface area contributed by atoms with Crippen LogP contribution in [0.1, 0.15) is 19.3 Å². The molecule has 1 amide bonds. The van der Waals surface area contributed by atoms with Crippen LogP contribution in [0.5, 0.6) is 0 Å². The molecule has 4 nitrogen and oxygen atoms in total. The van der Waals surface area contributed by atoms with Gasteiger partial charge < -0.3 is 5.73 Å². The zero-order valence-corrected chi connectivity index (χ0v) is 10.3. The molecule has 0 atom stereocenters. The Morgan fingerprint density at radius 1 is 1.41 bits per heavy atom. The average molecular weight is 249 g/mol. The van der Waals surface area contributed by atoms with Crippen LogP contribution in [0.4, 0.5) is 0 Å². The minimum absolute atomic E-state index is 0.221. The number of carbonyl (C=O) groups excluding carboxylic acids is 1. The van der Waals surface area contributed by atoms with Crippen molar-refractivity contribution in [3.05, 3.63) is 30.6 Å². The van der Waals surface area contributed by atoms with E-state index in [9.17, 15) is 4.79 Å². The number of hydrogen-bond donors (Lipinski definition) is 1. The monoisotopic (exact) mass is 249 g/mol. The van der Waals surface area contributed by atoms with Gasteiger partial charge in [0.2, 0.25) is 5.91 Å². The van der Waals surface area contributed by atoms with E-state index >= 15 is 0 Å². The molecule has 2 aromatic rings. The van der Waals surface area contributed by atoms with Crippen LogP contribution in [0.25, 0.3) is 5.52 Å². The van der Waals surface area contributed by atoms with E-state index in [1.807, 2.05) is 30.6 Å². The molecule has 2 heterocycles. The van der Waals surface area contributed by atoms with Crippen molar-refractivity contribution >= 4 is 23.2 Å². The van der Waals surface area contributed by atoms with Gasteiger partial charge in [0.15, 0.2) is 5.16 Å². The summed E-state index contributed by atoms with van der Waals surface area (Å²) in [6.45, 7) is 0. The van der Waals surface area contributed by atoms with Crippen LogP contribution in [-0.4, -0.2) is 21.0 Å². The predicted molar refractivity (Wildman–Crippen MR) is 69.0 cm³/mol. The lowest BCUT2D eigenvalue weighted by Crippen LogP contribution is -2.09. The Morgan fingerprint density at radius 2 is 2.29 bits per heavy atom. The van der Waals surface area contributed by atoms with Crippen molar-refractivity contribution < 1.29 is 4.79 Å². The number of pyridine rings is 1. The van der Waals surface area contributed by atoms with Gasteiger partial charge in [-0.25, -0.2) is 4.98 Å². The normalized spacial score (nSPS) is 10.8. The van der Waals surface area contributed by atoms with E-state index in [1.54, 1.807) is 11.8 Å². The molecule has 0 bridgehead atoms. The number of fused-ring (bicyclic) bond motifs is 1. The second-order valence-electron chi connectivity index (χ2n) is 3.81. The van der Waals surface area contributed by atoms with Gasteiger partial charge in [0.05, 0.1) is 11.7 Å². The van der Waals surface area contributed by atoms with Crippen LogP contribution in [0.3, 0.4) is 0 Å². The fourth-order valence-electron chi connectivity index (χ4n) is 1.59. The van der Waals surface area contributed by atoms with Gasteiger partial charge in [-0.15, -0.1) is 0 Å². The highest BCUT2D eigenvalue weighted by Gasteiger charge is 2.03. The van der Waals surface area contributed by atoms with E-state index in [0.29, 0.717) is 6.42 Å². The number of primary amides is 1. The summed E-state index contributed by atoms with van der Waals surface area (Å²) in [5.74, 6) is 0.739. The molecule has 90 valence electrons. The largest absolute Gasteiger partial charge is 0.370 e. The molecule has 0 radical (unpaired) electrons. The molecule has 2 rings (SSSR count). The number of nitrogens with two attached hydrogens (primary N) is 1. The maximum absolute atomic E-state index is 10.6. The first-order chi connectivity index (χ1) is 8.27. The molecule has 0 unspecified atom stereocenters. The molecule has 0 aliphatic heterocycles. The molecule has 5 heteroatoms. The highest BCUT2D eigenvalue weighted by Crippen LogP contribution is 2.19. The molecular formula is C12H15N3OS. The van der Waals surface area contributed by atoms with Gasteiger partial charge >= 0.3 is 0 Å². The van der Waals surface area contributed by atoms with Gasteiger partial charge in [0.1, 0.15) is 0 Å². The van der Waals surface area contributed by atoms with E-state index in [1.165, 1.54) is 0 Å². The first-order valence-corrected chi connectivity index (χ1v) is 6.59. The third-order valence-corrected chi connectivity index (χ3v) is 3.51. The molecule has 0 aromatic carbocycles. The number of rotatable bonds is 6. The van der Waals surface area contributed by atoms with Gasteiger partial charge in [0, 0.05) is 18.4 Å². The van der Waals surface area contributed by atoms with Crippen molar-refractivity contribution in [2.45, 2.75) is 24.4 Å². The van der Waals surface area contributed by atoms with E-state index in [0.717, 1.165) is 29.3 Å². The van der Waals surface area contributed by atoms with Crippen LogP contribution in [0.2, 0.25) is 0 Å². The first kappa shape index (κ1) is 12.0. The Hall–Kier alpha value is -1.49. The Morgan fingerprint density at radius 3 is 3.12 bits per heavy atom. The predicted octanol–water partition coefficient (Wildman–Crippen LogP) is 2.08. The van der Waals surface area contributed by atoms with Crippen LogP contribution < -0.4 is 5.73 Å². The van der Waals surface area contributed by atoms with Gasteiger partial charge in [-0.1, -0.05) is 17.8 Å². The topological polar surface area (TPSA) is 60.4 Å². The number of aromatic nitrogens is 2. The van der Waals surface area contributed by atoms with Crippen LogP contribution >= 0.6 is 11.8 Å². The third kappa shape index (κ3) is 3.23. The number of hydrogen-bond acceptors (Lipinski definition) is 3. The molecular weight excluding hydrogens is 234 g/mol. The Balaban J connectivity index is 1.85. The summed E-state index contributed by atoms with van der Waals surface area (Å²) in [6, 6.07) is 6.02. The van der Waals surface area contributed by atoms with Crippen molar-refractivity contribution in [2.75, 3.05) is 5.75 Å².